The van der Waals surface area contributed by atoms with Crippen LogP contribution in [0.4, 0.5) is 0 Å². The highest BCUT2D eigenvalue weighted by Gasteiger charge is 2.21. The van der Waals surface area contributed by atoms with E-state index in [0.717, 1.165) is 22.9 Å². The van der Waals surface area contributed by atoms with Crippen LogP contribution in [0.3, 0.4) is 0 Å². The Morgan fingerprint density at radius 3 is 2.78 bits per heavy atom. The van der Waals surface area contributed by atoms with Gasteiger partial charge in [-0.05, 0) is 31.0 Å². The van der Waals surface area contributed by atoms with Crippen molar-refractivity contribution in [3.05, 3.63) is 29.6 Å². The standard InChI is InChI=1S/C15H18N2O/c1-17-14-9-11(10-18)7-8-13(14)16-15(17)12-5-3-2-4-6-12/h7-10,12H,2-6H2,1H3. The van der Waals surface area contributed by atoms with Gasteiger partial charge in [-0.25, -0.2) is 4.98 Å². The number of hydrogen-bond acceptors (Lipinski definition) is 2. The molecule has 3 rings (SSSR count). The largest absolute Gasteiger partial charge is 0.331 e. The molecule has 0 aliphatic heterocycles. The van der Waals surface area contributed by atoms with E-state index < -0.39 is 0 Å². The number of aldehydes is 1. The van der Waals surface area contributed by atoms with Gasteiger partial charge >= 0.3 is 0 Å². The molecule has 1 fully saturated rings. The van der Waals surface area contributed by atoms with Crippen molar-refractivity contribution in [3.8, 4) is 0 Å². The van der Waals surface area contributed by atoms with Crippen molar-refractivity contribution in [3.63, 3.8) is 0 Å². The zero-order valence-corrected chi connectivity index (χ0v) is 10.7. The predicted molar refractivity (Wildman–Crippen MR) is 71.9 cm³/mol. The van der Waals surface area contributed by atoms with Crippen LogP contribution < -0.4 is 0 Å². The third kappa shape index (κ3) is 1.84. The molecule has 1 aliphatic carbocycles. The fourth-order valence-corrected chi connectivity index (χ4v) is 3.02. The van der Waals surface area contributed by atoms with Crippen LogP contribution in [0.1, 0.15) is 54.2 Å². The van der Waals surface area contributed by atoms with Crippen LogP contribution in [0.25, 0.3) is 11.0 Å². The van der Waals surface area contributed by atoms with Crippen molar-refractivity contribution in [1.82, 2.24) is 9.55 Å². The zero-order valence-electron chi connectivity index (χ0n) is 10.7. The molecule has 0 radical (unpaired) electrons. The lowest BCUT2D eigenvalue weighted by molar-refractivity contribution is 0.112. The SMILES string of the molecule is Cn1c(C2CCCCC2)nc2ccc(C=O)cc21. The van der Waals surface area contributed by atoms with Crippen LogP contribution in [-0.2, 0) is 7.05 Å². The summed E-state index contributed by atoms with van der Waals surface area (Å²) in [4.78, 5) is 15.6. The molecule has 18 heavy (non-hydrogen) atoms. The summed E-state index contributed by atoms with van der Waals surface area (Å²) in [5.74, 6) is 1.78. The van der Waals surface area contributed by atoms with Gasteiger partial charge in [-0.2, -0.15) is 0 Å². The van der Waals surface area contributed by atoms with Gasteiger partial charge in [0, 0.05) is 18.5 Å². The molecule has 0 saturated heterocycles. The second-order valence-electron chi connectivity index (χ2n) is 5.23. The second kappa shape index (κ2) is 4.56. The third-order valence-electron chi connectivity index (χ3n) is 4.05. The molecule has 3 heteroatoms. The summed E-state index contributed by atoms with van der Waals surface area (Å²) in [7, 11) is 2.06. The van der Waals surface area contributed by atoms with E-state index in [-0.39, 0.29) is 0 Å². The molecule has 1 aliphatic rings. The van der Waals surface area contributed by atoms with E-state index in [0.29, 0.717) is 5.92 Å². The van der Waals surface area contributed by atoms with Gasteiger partial charge in [0.2, 0.25) is 0 Å². The summed E-state index contributed by atoms with van der Waals surface area (Å²) >= 11 is 0. The highest BCUT2D eigenvalue weighted by molar-refractivity contribution is 5.85. The van der Waals surface area contributed by atoms with Crippen LogP contribution in [0.2, 0.25) is 0 Å². The first kappa shape index (κ1) is 11.5. The molecule has 0 spiro atoms. The Balaban J connectivity index is 2.07. The van der Waals surface area contributed by atoms with Gasteiger partial charge in [0.15, 0.2) is 0 Å². The first-order valence-corrected chi connectivity index (χ1v) is 6.71. The van der Waals surface area contributed by atoms with Gasteiger partial charge in [0.25, 0.3) is 0 Å². The number of imidazole rings is 1. The van der Waals surface area contributed by atoms with Gasteiger partial charge in [-0.1, -0.05) is 19.3 Å². The fourth-order valence-electron chi connectivity index (χ4n) is 3.02. The molecular weight excluding hydrogens is 224 g/mol. The first-order valence-electron chi connectivity index (χ1n) is 6.71. The number of hydrogen-bond donors (Lipinski definition) is 0. The smallest absolute Gasteiger partial charge is 0.150 e. The van der Waals surface area contributed by atoms with E-state index in [1.807, 2.05) is 18.2 Å². The Kier molecular flexibility index (Phi) is 2.90. The highest BCUT2D eigenvalue weighted by Crippen LogP contribution is 2.33. The molecule has 0 atom stereocenters. The minimum atomic E-state index is 0.593. The number of aromatic nitrogens is 2. The highest BCUT2D eigenvalue weighted by atomic mass is 16.1. The summed E-state index contributed by atoms with van der Waals surface area (Å²) in [6.07, 6.45) is 7.37. The number of benzene rings is 1. The number of nitrogens with zero attached hydrogens (tertiary/aromatic N) is 2. The summed E-state index contributed by atoms with van der Waals surface area (Å²) in [5.41, 5.74) is 2.80. The molecule has 94 valence electrons. The monoisotopic (exact) mass is 242 g/mol. The quantitative estimate of drug-likeness (QED) is 0.756. The maximum atomic E-state index is 10.8. The molecular formula is C15H18N2O. The van der Waals surface area contributed by atoms with Crippen molar-refractivity contribution < 1.29 is 4.79 Å². The molecule has 1 saturated carbocycles. The maximum absolute atomic E-state index is 10.8. The summed E-state index contributed by atoms with van der Waals surface area (Å²) < 4.78 is 2.16. The van der Waals surface area contributed by atoms with Gasteiger partial charge < -0.3 is 4.57 Å². The minimum Gasteiger partial charge on any atom is -0.331 e. The van der Waals surface area contributed by atoms with Gasteiger partial charge in [0.05, 0.1) is 11.0 Å². The van der Waals surface area contributed by atoms with Crippen LogP contribution in [-0.4, -0.2) is 15.8 Å². The molecule has 0 bridgehead atoms. The summed E-state index contributed by atoms with van der Waals surface area (Å²) in [6, 6.07) is 5.72. The number of carbonyl (C=O) groups excluding carboxylic acids is 1. The minimum absolute atomic E-state index is 0.593. The van der Waals surface area contributed by atoms with E-state index in [1.54, 1.807) is 0 Å². The topological polar surface area (TPSA) is 34.9 Å². The number of rotatable bonds is 2. The lowest BCUT2D eigenvalue weighted by Gasteiger charge is -2.20. The Hall–Kier alpha value is -1.64. The first-order chi connectivity index (χ1) is 8.79. The average molecular weight is 242 g/mol. The Labute approximate surface area is 107 Å². The van der Waals surface area contributed by atoms with Crippen LogP contribution in [0.5, 0.6) is 0 Å². The van der Waals surface area contributed by atoms with Crippen LogP contribution in [0, 0.1) is 0 Å². The van der Waals surface area contributed by atoms with E-state index in [9.17, 15) is 4.79 Å². The normalized spacial score (nSPS) is 17.2. The number of aryl methyl sites for hydroxylation is 1. The average Bonchev–Trinajstić information content (AvgIpc) is 2.77. The van der Waals surface area contributed by atoms with E-state index >= 15 is 0 Å². The van der Waals surface area contributed by atoms with Crippen molar-refractivity contribution in [2.75, 3.05) is 0 Å². The van der Waals surface area contributed by atoms with Crippen LogP contribution in [0.15, 0.2) is 18.2 Å². The molecule has 1 aromatic carbocycles. The van der Waals surface area contributed by atoms with Crippen molar-refractivity contribution in [2.45, 2.75) is 38.0 Å². The van der Waals surface area contributed by atoms with Crippen molar-refractivity contribution in [1.29, 1.82) is 0 Å². The predicted octanol–water partition coefficient (Wildman–Crippen LogP) is 3.43. The second-order valence-corrected chi connectivity index (χ2v) is 5.23. The number of carbonyl (C=O) groups is 1. The molecule has 2 aromatic rings. The summed E-state index contributed by atoms with van der Waals surface area (Å²) in [5, 5.41) is 0. The maximum Gasteiger partial charge on any atom is 0.150 e. The summed E-state index contributed by atoms with van der Waals surface area (Å²) in [6.45, 7) is 0. The third-order valence-corrected chi connectivity index (χ3v) is 4.05. The molecule has 1 aromatic heterocycles. The van der Waals surface area contributed by atoms with Gasteiger partial charge in [-0.15, -0.1) is 0 Å². The zero-order chi connectivity index (χ0) is 12.5. The molecule has 0 amide bonds. The molecule has 1 heterocycles. The Morgan fingerprint density at radius 1 is 1.28 bits per heavy atom. The molecule has 0 N–H and O–H groups in total. The fraction of sp³-hybridized carbons (Fsp3) is 0.467. The Morgan fingerprint density at radius 2 is 2.06 bits per heavy atom. The van der Waals surface area contributed by atoms with E-state index in [1.165, 1.54) is 37.9 Å². The lowest BCUT2D eigenvalue weighted by atomic mass is 9.89. The molecule has 0 unspecified atom stereocenters. The van der Waals surface area contributed by atoms with Gasteiger partial charge in [-0.3, -0.25) is 4.79 Å². The number of fused-ring (bicyclic) bond motifs is 1. The van der Waals surface area contributed by atoms with Crippen molar-refractivity contribution in [2.24, 2.45) is 7.05 Å². The van der Waals surface area contributed by atoms with E-state index in [4.69, 9.17) is 4.98 Å². The van der Waals surface area contributed by atoms with Crippen LogP contribution >= 0.6 is 0 Å². The van der Waals surface area contributed by atoms with Gasteiger partial charge in [0.1, 0.15) is 12.1 Å². The Bertz CT molecular complexity index is 579. The molecule has 3 nitrogen and oxygen atoms in total. The van der Waals surface area contributed by atoms with Crippen molar-refractivity contribution >= 4 is 17.3 Å². The lowest BCUT2D eigenvalue weighted by Crippen LogP contribution is -2.10. The van der Waals surface area contributed by atoms with E-state index in [2.05, 4.69) is 11.6 Å².